The monoisotopic (exact) mass is 941 g/mol. The van der Waals surface area contributed by atoms with Crippen LogP contribution in [-0.4, -0.2) is 38.1 Å². The van der Waals surface area contributed by atoms with Crippen LogP contribution in [0.3, 0.4) is 0 Å². The SMILES string of the molecule is COc1ccc(S(c2ccc(Sc3ccc(-c4ccccc4)cc3)cc2)(c2ccc(Sc3ccc(-c4ccccc4)cc3)cc2)N(S(=O)(=O)C(F)(F)F)S(=O)(=O)C(F)(F)F)cc1. The highest BCUT2D eigenvalue weighted by atomic mass is 32.4. The highest BCUT2D eigenvalue weighted by molar-refractivity contribution is 8.41. The Morgan fingerprint density at radius 3 is 0.968 bits per heavy atom. The third kappa shape index (κ3) is 9.00. The number of rotatable bonds is 13. The molecule has 0 spiro atoms. The fraction of sp³-hybridized carbons (Fsp3) is 0.0667. The smallest absolute Gasteiger partial charge is 0.497 e. The molecule has 0 aromatic heterocycles. The molecule has 17 heteroatoms. The van der Waals surface area contributed by atoms with E-state index in [-0.39, 0.29) is 5.75 Å². The highest BCUT2D eigenvalue weighted by Crippen LogP contribution is 2.74. The molecule has 7 aromatic carbocycles. The van der Waals surface area contributed by atoms with E-state index in [1.807, 2.05) is 109 Å². The summed E-state index contributed by atoms with van der Waals surface area (Å²) in [4.78, 5) is 1.02. The molecule has 0 saturated carbocycles. The Bertz CT molecular complexity index is 2680. The standard InChI is InChI=1S/C45H33F6NO5S5/c1-57-36-16-26-41(27-17-36)60(52(61(53,54)44(46,47)48)62(55,56)45(49,50)51,42-28-22-39(23-29-42)58-37-18-12-34(13-19-37)32-8-4-2-5-9-32)43-30-24-40(25-31-43)59-38-20-14-35(15-21-38)33-10-6-3-7-11-33/h2-31H,1H3. The number of sulfonamides is 2. The fourth-order valence-electron chi connectivity index (χ4n) is 6.41. The van der Waals surface area contributed by atoms with Crippen LogP contribution in [0.5, 0.6) is 5.75 Å². The van der Waals surface area contributed by atoms with Gasteiger partial charge in [0.25, 0.3) is 0 Å². The predicted molar refractivity (Wildman–Crippen MR) is 232 cm³/mol. The zero-order valence-electron chi connectivity index (χ0n) is 32.1. The van der Waals surface area contributed by atoms with E-state index in [2.05, 4.69) is 0 Å². The third-order valence-corrected chi connectivity index (χ3v) is 20.3. The molecule has 0 radical (unpaired) electrons. The number of ether oxygens (including phenoxy) is 1. The van der Waals surface area contributed by atoms with Gasteiger partial charge >= 0.3 is 31.1 Å². The highest BCUT2D eigenvalue weighted by Gasteiger charge is 2.67. The van der Waals surface area contributed by atoms with Crippen LogP contribution in [0.1, 0.15) is 0 Å². The molecule has 7 aromatic rings. The number of methoxy groups -OCH3 is 1. The lowest BCUT2D eigenvalue weighted by molar-refractivity contribution is -0.0505. The Kier molecular flexibility index (Phi) is 13.0. The summed E-state index contributed by atoms with van der Waals surface area (Å²) in [6.45, 7) is 0. The number of nitrogens with zero attached hydrogens (tertiary/aromatic N) is 1. The summed E-state index contributed by atoms with van der Waals surface area (Å²) >= 11 is 2.44. The summed E-state index contributed by atoms with van der Waals surface area (Å²) in [6.07, 6.45) is 0. The van der Waals surface area contributed by atoms with Crippen molar-refractivity contribution in [3.05, 3.63) is 182 Å². The summed E-state index contributed by atoms with van der Waals surface area (Å²) in [5.74, 6) is 0.112. The molecule has 0 saturated heterocycles. The van der Waals surface area contributed by atoms with Crippen molar-refractivity contribution >= 4 is 53.8 Å². The number of hydrogen-bond donors (Lipinski definition) is 0. The summed E-state index contributed by atoms with van der Waals surface area (Å²) < 4.78 is 148. The van der Waals surface area contributed by atoms with Crippen molar-refractivity contribution in [1.29, 1.82) is 0 Å². The van der Waals surface area contributed by atoms with Crippen molar-refractivity contribution in [2.75, 3.05) is 7.11 Å². The van der Waals surface area contributed by atoms with E-state index >= 15 is 0 Å². The van der Waals surface area contributed by atoms with Gasteiger partial charge < -0.3 is 4.74 Å². The van der Waals surface area contributed by atoms with Crippen LogP contribution in [0, 0.1) is 0 Å². The van der Waals surface area contributed by atoms with E-state index in [4.69, 9.17) is 4.74 Å². The van der Waals surface area contributed by atoms with Gasteiger partial charge in [0.2, 0.25) is 0 Å². The van der Waals surface area contributed by atoms with Crippen molar-refractivity contribution in [1.82, 2.24) is 3.12 Å². The molecule has 0 heterocycles. The van der Waals surface area contributed by atoms with Crippen molar-refractivity contribution < 1.29 is 47.9 Å². The number of halogens is 6. The molecule has 6 nitrogen and oxygen atoms in total. The molecular formula is C45H33F6NO5S5. The van der Waals surface area contributed by atoms with Crippen LogP contribution in [0.25, 0.3) is 22.3 Å². The maximum Gasteiger partial charge on any atom is 0.513 e. The fourth-order valence-corrected chi connectivity index (χ4v) is 17.3. The Morgan fingerprint density at radius 2 is 0.677 bits per heavy atom. The summed E-state index contributed by atoms with van der Waals surface area (Å²) in [7, 11) is -18.2. The van der Waals surface area contributed by atoms with Gasteiger partial charge in [-0.15, -0.1) is 0 Å². The summed E-state index contributed by atoms with van der Waals surface area (Å²) in [5, 5.41) is 0. The van der Waals surface area contributed by atoms with Gasteiger partial charge in [-0.05, 0) is 122 Å². The minimum Gasteiger partial charge on any atom is -0.497 e. The normalized spacial score (nSPS) is 12.9. The van der Waals surface area contributed by atoms with Crippen molar-refractivity contribution in [2.45, 2.75) is 45.3 Å². The molecule has 320 valence electrons. The first-order valence-corrected chi connectivity index (χ1v) is 24.3. The second-order valence-corrected chi connectivity index (χ2v) is 22.7. The molecular weight excluding hydrogens is 909 g/mol. The average Bonchev–Trinajstić information content (AvgIpc) is 3.26. The second kappa shape index (κ2) is 17.9. The molecule has 0 bridgehead atoms. The maximum atomic E-state index is 14.8. The van der Waals surface area contributed by atoms with Crippen LogP contribution in [0.2, 0.25) is 0 Å². The van der Waals surface area contributed by atoms with Gasteiger partial charge in [-0.1, -0.05) is 119 Å². The summed E-state index contributed by atoms with van der Waals surface area (Å²) in [6, 6.07) is 48.7. The van der Waals surface area contributed by atoms with E-state index in [1.54, 1.807) is 0 Å². The Hall–Kier alpha value is -5.17. The predicted octanol–water partition coefficient (Wildman–Crippen LogP) is 13.5. The van der Waals surface area contributed by atoms with E-state index in [1.165, 1.54) is 67.0 Å². The largest absolute Gasteiger partial charge is 0.513 e. The van der Waals surface area contributed by atoms with Crippen molar-refractivity contribution in [2.24, 2.45) is 0 Å². The molecule has 0 atom stereocenters. The van der Waals surface area contributed by atoms with Gasteiger partial charge in [0.15, 0.2) is 0 Å². The van der Waals surface area contributed by atoms with E-state index in [0.717, 1.165) is 68.4 Å². The maximum absolute atomic E-state index is 14.8. The lowest BCUT2D eigenvalue weighted by atomic mass is 10.1. The van der Waals surface area contributed by atoms with Gasteiger partial charge in [0.1, 0.15) is 5.75 Å². The molecule has 0 amide bonds. The van der Waals surface area contributed by atoms with E-state index in [0.29, 0.717) is 9.79 Å². The Balaban J connectivity index is 1.39. The van der Waals surface area contributed by atoms with Crippen molar-refractivity contribution in [3.63, 3.8) is 0 Å². The van der Waals surface area contributed by atoms with Gasteiger partial charge in [0, 0.05) is 34.3 Å². The lowest BCUT2D eigenvalue weighted by Crippen LogP contribution is -2.50. The first kappa shape index (κ1) is 44.9. The minimum absolute atomic E-state index is 0.112. The lowest BCUT2D eigenvalue weighted by Gasteiger charge is -2.47. The van der Waals surface area contributed by atoms with Crippen LogP contribution < -0.4 is 4.74 Å². The Morgan fingerprint density at radius 1 is 0.403 bits per heavy atom. The second-order valence-electron chi connectivity index (χ2n) is 13.2. The molecule has 7 rings (SSSR count). The first-order valence-electron chi connectivity index (χ1n) is 18.2. The van der Waals surface area contributed by atoms with Gasteiger partial charge in [0.05, 0.1) is 7.11 Å². The van der Waals surface area contributed by atoms with Gasteiger partial charge in [-0.2, -0.15) is 26.3 Å². The Labute approximate surface area is 365 Å². The van der Waals surface area contributed by atoms with Crippen molar-refractivity contribution in [3.8, 4) is 28.0 Å². The molecule has 0 aliphatic rings. The summed E-state index contributed by atoms with van der Waals surface area (Å²) in [5.41, 5.74) is -9.19. The molecule has 62 heavy (non-hydrogen) atoms. The topological polar surface area (TPSA) is 80.8 Å². The first-order chi connectivity index (χ1) is 29.4. The number of hydrogen-bond acceptors (Lipinski definition) is 7. The van der Waals surface area contributed by atoms with Gasteiger partial charge in [-0.3, -0.25) is 0 Å². The van der Waals surface area contributed by atoms with Gasteiger partial charge in [-0.25, -0.2) is 16.8 Å². The molecule has 0 fully saturated rings. The quantitative estimate of drug-likeness (QED) is 0.107. The molecule has 0 aliphatic heterocycles. The zero-order valence-corrected chi connectivity index (χ0v) is 36.2. The minimum atomic E-state index is -7.35. The van der Waals surface area contributed by atoms with E-state index < -0.39 is 59.1 Å². The third-order valence-electron chi connectivity index (χ3n) is 9.33. The number of alkyl halides is 6. The molecule has 0 N–H and O–H groups in total. The van der Waals surface area contributed by atoms with Crippen LogP contribution >= 0.6 is 33.7 Å². The molecule has 0 aliphatic carbocycles. The van der Waals surface area contributed by atoms with Crippen LogP contribution in [0.15, 0.2) is 216 Å². The van der Waals surface area contributed by atoms with Crippen LogP contribution in [0.4, 0.5) is 26.3 Å². The van der Waals surface area contributed by atoms with Crippen LogP contribution in [-0.2, 0) is 20.0 Å². The molecule has 0 unspecified atom stereocenters. The number of benzene rings is 7. The average molecular weight is 942 g/mol. The van der Waals surface area contributed by atoms with E-state index in [9.17, 15) is 43.2 Å². The zero-order chi connectivity index (χ0) is 44.3.